The monoisotopic (exact) mass is 695 g/mol. The predicted molar refractivity (Wildman–Crippen MR) is 177 cm³/mol. The first kappa shape index (κ1) is 36.1. The number of amides is 5. The molecular weight excluding hydrogens is 650 g/mol. The van der Waals surface area contributed by atoms with Gasteiger partial charge in [-0.2, -0.15) is 5.10 Å². The van der Waals surface area contributed by atoms with Gasteiger partial charge in [-0.25, -0.2) is 9.48 Å². The molecule has 1 aliphatic carbocycles. The van der Waals surface area contributed by atoms with E-state index < -0.39 is 41.6 Å². The van der Waals surface area contributed by atoms with Crippen LogP contribution in [0, 0.1) is 5.92 Å². The third kappa shape index (κ3) is 7.68. The van der Waals surface area contributed by atoms with E-state index in [1.807, 2.05) is 6.07 Å². The summed E-state index contributed by atoms with van der Waals surface area (Å²) in [7, 11) is 1.57. The topological polar surface area (TPSA) is 193 Å². The van der Waals surface area contributed by atoms with Crippen molar-refractivity contribution in [3.63, 3.8) is 0 Å². The number of carboxylic acid groups (broad SMARTS) is 1. The maximum Gasteiger partial charge on any atom is 0.409 e. The lowest BCUT2D eigenvalue weighted by Crippen LogP contribution is -2.60. The highest BCUT2D eigenvalue weighted by atomic mass is 16.6. The van der Waals surface area contributed by atoms with Gasteiger partial charge in [0.2, 0.25) is 17.7 Å². The fourth-order valence-corrected chi connectivity index (χ4v) is 6.84. The Kier molecular flexibility index (Phi) is 11.3. The number of likely N-dealkylation sites (N-methyl/N-ethyl adjacent to an activating group) is 1. The second-order valence-electron chi connectivity index (χ2n) is 12.7. The zero-order valence-corrected chi connectivity index (χ0v) is 28.6. The molecular formula is C34H45N7O9. The van der Waals surface area contributed by atoms with Gasteiger partial charge in [-0.05, 0) is 64.0 Å². The van der Waals surface area contributed by atoms with E-state index >= 15 is 0 Å². The van der Waals surface area contributed by atoms with Crippen LogP contribution in [-0.4, -0.2) is 129 Å². The third-order valence-corrected chi connectivity index (χ3v) is 9.48. The van der Waals surface area contributed by atoms with Crippen LogP contribution in [0.15, 0.2) is 36.4 Å². The quantitative estimate of drug-likeness (QED) is 0.276. The fourth-order valence-electron chi connectivity index (χ4n) is 6.84. The lowest BCUT2D eigenvalue weighted by Gasteiger charge is -2.38. The number of hydrogen-bond donors (Lipinski definition) is 3. The second-order valence-corrected chi connectivity index (χ2v) is 12.7. The summed E-state index contributed by atoms with van der Waals surface area (Å²) >= 11 is 0. The van der Waals surface area contributed by atoms with Crippen LogP contribution in [0.2, 0.25) is 0 Å². The maximum absolute atomic E-state index is 13.9. The molecule has 2 aromatic rings. The number of piperazine rings is 1. The van der Waals surface area contributed by atoms with Crippen LogP contribution in [0.3, 0.4) is 0 Å². The number of nitrogens with one attached hydrogen (secondary N) is 2. The molecule has 16 nitrogen and oxygen atoms in total. The van der Waals surface area contributed by atoms with Gasteiger partial charge in [0.25, 0.3) is 11.8 Å². The van der Waals surface area contributed by atoms with Crippen LogP contribution in [-0.2, 0) is 23.9 Å². The van der Waals surface area contributed by atoms with Gasteiger partial charge in [0.15, 0.2) is 11.8 Å². The summed E-state index contributed by atoms with van der Waals surface area (Å²) in [5.41, 5.74) is -0.502. The van der Waals surface area contributed by atoms with E-state index in [0.29, 0.717) is 25.1 Å². The molecule has 5 rings (SSSR count). The molecule has 270 valence electrons. The molecule has 2 saturated heterocycles. The zero-order chi connectivity index (χ0) is 36.0. The lowest BCUT2D eigenvalue weighted by molar-refractivity contribution is -0.150. The lowest BCUT2D eigenvalue weighted by atomic mass is 9.88. The van der Waals surface area contributed by atoms with Crippen molar-refractivity contribution in [2.75, 3.05) is 46.4 Å². The Morgan fingerprint density at radius 3 is 2.30 bits per heavy atom. The first-order valence-electron chi connectivity index (χ1n) is 17.1. The number of ether oxygens (including phenoxy) is 2. The molecule has 3 fully saturated rings. The van der Waals surface area contributed by atoms with Crippen LogP contribution in [0.25, 0.3) is 5.69 Å². The molecule has 50 heavy (non-hydrogen) atoms. The molecule has 3 N–H and O–H groups in total. The maximum atomic E-state index is 13.9. The number of nitrogens with zero attached hydrogens (tertiary/aromatic N) is 5. The van der Waals surface area contributed by atoms with Gasteiger partial charge in [0, 0.05) is 52.3 Å². The molecule has 3 heterocycles. The largest absolute Gasteiger partial charge is 0.481 e. The minimum absolute atomic E-state index is 0.0851. The molecule has 0 bridgehead atoms. The average Bonchev–Trinajstić information content (AvgIpc) is 3.74. The minimum atomic E-state index is -1.19. The Morgan fingerprint density at radius 1 is 1.00 bits per heavy atom. The van der Waals surface area contributed by atoms with Gasteiger partial charge in [-0.15, -0.1) is 0 Å². The molecule has 3 atom stereocenters. The summed E-state index contributed by atoms with van der Waals surface area (Å²) < 4.78 is 12.6. The van der Waals surface area contributed by atoms with Crippen molar-refractivity contribution < 1.29 is 43.3 Å². The second kappa shape index (κ2) is 15.6. The van der Waals surface area contributed by atoms with Crippen molar-refractivity contribution in [3.8, 4) is 11.6 Å². The summed E-state index contributed by atoms with van der Waals surface area (Å²) in [6, 6.07) is 9.02. The molecule has 0 spiro atoms. The molecule has 2 aliphatic heterocycles. The SMILES string of the molecule is CCOC(=O)N1CCN(C(=O)[C@H](CCC(=O)O)NC(=O)c2cc(O[C@H](C)C(=O)N3CCC[C@@]3(C(=O)NC)C3CC3)n(-c3ccccc3)n2)CC1. The van der Waals surface area contributed by atoms with Crippen molar-refractivity contribution in [2.45, 2.75) is 70.1 Å². The first-order chi connectivity index (χ1) is 24.0. The minimum Gasteiger partial charge on any atom is -0.481 e. The molecule has 0 unspecified atom stereocenters. The van der Waals surface area contributed by atoms with Gasteiger partial charge in [0.05, 0.1) is 12.3 Å². The number of rotatable bonds is 13. The van der Waals surface area contributed by atoms with E-state index in [2.05, 4.69) is 15.7 Å². The van der Waals surface area contributed by atoms with Gasteiger partial charge in [-0.1, -0.05) is 18.2 Å². The first-order valence-corrected chi connectivity index (χ1v) is 17.1. The van der Waals surface area contributed by atoms with Gasteiger partial charge < -0.3 is 39.9 Å². The Bertz CT molecular complexity index is 1590. The summed E-state index contributed by atoms with van der Waals surface area (Å²) in [5.74, 6) is -2.73. The number of aromatic nitrogens is 2. The standard InChI is InChI=1S/C34H45N7O9/c1-4-49-33(48)39-19-17-38(18-20-39)31(46)25(13-14-28(42)43)36-29(44)26-21-27(41(37-26)24-9-6-5-7-10-24)50-22(2)30(45)40-16-8-15-34(40,23-11-12-23)32(47)35-3/h5-7,9-10,21-23,25H,4,8,11-20H2,1-3H3,(H,35,47)(H,36,44)(H,42,43)/t22-,25+,34+/m1/s1. The molecule has 1 saturated carbocycles. The van der Waals surface area contributed by atoms with Crippen LogP contribution in [0.1, 0.15) is 62.9 Å². The Labute approximate surface area is 290 Å². The number of hydrogen-bond acceptors (Lipinski definition) is 9. The van der Waals surface area contributed by atoms with E-state index in [1.54, 1.807) is 50.1 Å². The smallest absolute Gasteiger partial charge is 0.409 e. The van der Waals surface area contributed by atoms with Crippen molar-refractivity contribution in [2.24, 2.45) is 5.92 Å². The summed E-state index contributed by atoms with van der Waals surface area (Å²) in [5, 5.41) is 19.2. The van der Waals surface area contributed by atoms with E-state index in [9.17, 15) is 33.9 Å². The molecule has 1 aromatic carbocycles. The highest BCUT2D eigenvalue weighted by Crippen LogP contribution is 2.49. The molecule has 5 amide bonds. The molecule has 16 heteroatoms. The van der Waals surface area contributed by atoms with Crippen molar-refractivity contribution in [1.82, 2.24) is 35.1 Å². The Morgan fingerprint density at radius 2 is 1.68 bits per heavy atom. The van der Waals surface area contributed by atoms with Gasteiger partial charge in [0.1, 0.15) is 11.6 Å². The van der Waals surface area contributed by atoms with Crippen molar-refractivity contribution in [1.29, 1.82) is 0 Å². The Balaban J connectivity index is 1.34. The Hall–Kier alpha value is -5.15. The van der Waals surface area contributed by atoms with Gasteiger partial charge in [-0.3, -0.25) is 24.0 Å². The number of benzene rings is 1. The van der Waals surface area contributed by atoms with Crippen LogP contribution >= 0.6 is 0 Å². The number of para-hydroxylation sites is 1. The molecule has 1 aromatic heterocycles. The zero-order valence-electron chi connectivity index (χ0n) is 28.6. The van der Waals surface area contributed by atoms with E-state index in [1.165, 1.54) is 20.5 Å². The van der Waals surface area contributed by atoms with Crippen molar-refractivity contribution in [3.05, 3.63) is 42.1 Å². The molecule has 3 aliphatic rings. The third-order valence-electron chi connectivity index (χ3n) is 9.48. The summed E-state index contributed by atoms with van der Waals surface area (Å²) in [6.07, 6.45) is 0.938. The average molecular weight is 696 g/mol. The van der Waals surface area contributed by atoms with Gasteiger partial charge >= 0.3 is 12.1 Å². The summed E-state index contributed by atoms with van der Waals surface area (Å²) in [4.78, 5) is 82.4. The number of carbonyl (C=O) groups is 6. The number of carbonyl (C=O) groups excluding carboxylic acids is 5. The van der Waals surface area contributed by atoms with Crippen LogP contribution in [0.5, 0.6) is 5.88 Å². The summed E-state index contributed by atoms with van der Waals surface area (Å²) in [6.45, 7) is 4.76. The van der Waals surface area contributed by atoms with E-state index in [-0.39, 0.29) is 74.9 Å². The van der Waals surface area contributed by atoms with Crippen LogP contribution in [0.4, 0.5) is 4.79 Å². The highest BCUT2D eigenvalue weighted by Gasteiger charge is 2.58. The predicted octanol–water partition coefficient (Wildman–Crippen LogP) is 1.42. The number of aliphatic carboxylic acids is 1. The van der Waals surface area contributed by atoms with E-state index in [4.69, 9.17) is 9.47 Å². The van der Waals surface area contributed by atoms with Crippen LogP contribution < -0.4 is 15.4 Å². The van der Waals surface area contributed by atoms with Crippen molar-refractivity contribution >= 4 is 35.7 Å². The van der Waals surface area contributed by atoms with E-state index in [0.717, 1.165) is 12.8 Å². The fraction of sp³-hybridized carbons (Fsp3) is 0.559. The number of carboxylic acids is 1. The highest BCUT2D eigenvalue weighted by molar-refractivity contribution is 5.97. The normalized spacial score (nSPS) is 20.1. The number of likely N-dealkylation sites (tertiary alicyclic amines) is 1. The molecule has 0 radical (unpaired) electrons.